The maximum atomic E-state index is 12.4. The first-order valence-electron chi connectivity index (χ1n) is 8.74. The first-order valence-corrected chi connectivity index (χ1v) is 8.74. The molecule has 1 aromatic rings. The van der Waals surface area contributed by atoms with Gasteiger partial charge in [0.1, 0.15) is 0 Å². The van der Waals surface area contributed by atoms with Gasteiger partial charge >= 0.3 is 0 Å². The second kappa shape index (κ2) is 7.77. The number of ether oxygens (including phenoxy) is 1. The van der Waals surface area contributed by atoms with Crippen LogP contribution in [0.2, 0.25) is 0 Å². The molecular formula is C19H27NO2. The predicted molar refractivity (Wildman–Crippen MR) is 87.7 cm³/mol. The molecule has 0 radical (unpaired) electrons. The molecule has 2 heterocycles. The van der Waals surface area contributed by atoms with Crippen LogP contribution in [-0.2, 0) is 16.0 Å². The average molecular weight is 301 g/mol. The molecule has 2 saturated heterocycles. The fourth-order valence-corrected chi connectivity index (χ4v) is 3.72. The third kappa shape index (κ3) is 4.33. The Morgan fingerprint density at radius 3 is 2.82 bits per heavy atom. The Kier molecular flexibility index (Phi) is 5.49. The van der Waals surface area contributed by atoms with Gasteiger partial charge < -0.3 is 9.64 Å². The van der Waals surface area contributed by atoms with Gasteiger partial charge in [0.25, 0.3) is 0 Å². The summed E-state index contributed by atoms with van der Waals surface area (Å²) < 4.78 is 5.62. The van der Waals surface area contributed by atoms with Crippen LogP contribution < -0.4 is 0 Å². The topological polar surface area (TPSA) is 29.5 Å². The molecule has 1 aromatic carbocycles. The summed E-state index contributed by atoms with van der Waals surface area (Å²) in [5, 5.41) is 0. The fraction of sp³-hybridized carbons (Fsp3) is 0.632. The number of amides is 1. The molecule has 2 unspecified atom stereocenters. The Hall–Kier alpha value is -1.35. The van der Waals surface area contributed by atoms with Gasteiger partial charge in [0, 0.05) is 26.1 Å². The molecule has 3 heteroatoms. The Morgan fingerprint density at radius 2 is 2.05 bits per heavy atom. The van der Waals surface area contributed by atoms with Crippen LogP contribution in [0.3, 0.4) is 0 Å². The number of hydrogen-bond donors (Lipinski definition) is 0. The largest absolute Gasteiger partial charge is 0.378 e. The molecule has 0 saturated carbocycles. The first-order chi connectivity index (χ1) is 10.8. The Labute approximate surface area is 133 Å². The molecule has 3 rings (SSSR count). The van der Waals surface area contributed by atoms with Gasteiger partial charge in [-0.25, -0.2) is 0 Å². The second-order valence-corrected chi connectivity index (χ2v) is 6.71. The highest BCUT2D eigenvalue weighted by Crippen LogP contribution is 2.23. The van der Waals surface area contributed by atoms with E-state index < -0.39 is 0 Å². The smallest absolute Gasteiger partial charge is 0.222 e. The first kappa shape index (κ1) is 15.5. The van der Waals surface area contributed by atoms with Gasteiger partial charge in [-0.3, -0.25) is 4.79 Å². The summed E-state index contributed by atoms with van der Waals surface area (Å²) in [6.07, 6.45) is 7.64. The molecule has 120 valence electrons. The quantitative estimate of drug-likeness (QED) is 0.834. The van der Waals surface area contributed by atoms with Gasteiger partial charge in [-0.05, 0) is 50.0 Å². The Balaban J connectivity index is 1.46. The van der Waals surface area contributed by atoms with Crippen molar-refractivity contribution in [1.29, 1.82) is 0 Å². The van der Waals surface area contributed by atoms with Crippen molar-refractivity contribution in [2.24, 2.45) is 5.92 Å². The van der Waals surface area contributed by atoms with Crippen LogP contribution in [0.15, 0.2) is 30.3 Å². The number of piperidine rings is 1. The lowest BCUT2D eigenvalue weighted by molar-refractivity contribution is -0.133. The van der Waals surface area contributed by atoms with Crippen LogP contribution in [0.4, 0.5) is 0 Å². The third-order valence-corrected chi connectivity index (χ3v) is 4.94. The number of nitrogens with zero attached hydrogens (tertiary/aromatic N) is 1. The second-order valence-electron chi connectivity index (χ2n) is 6.71. The minimum Gasteiger partial charge on any atom is -0.378 e. The highest BCUT2D eigenvalue weighted by molar-refractivity contribution is 5.76. The van der Waals surface area contributed by atoms with E-state index in [1.54, 1.807) is 0 Å². The van der Waals surface area contributed by atoms with Crippen LogP contribution in [-0.4, -0.2) is 36.6 Å². The summed E-state index contributed by atoms with van der Waals surface area (Å²) in [6, 6.07) is 10.6. The molecule has 0 aliphatic carbocycles. The number of rotatable bonds is 5. The molecule has 2 fully saturated rings. The number of carbonyl (C=O) groups excluding carboxylic acids is 1. The summed E-state index contributed by atoms with van der Waals surface area (Å²) in [6.45, 7) is 2.75. The van der Waals surface area contributed by atoms with Gasteiger partial charge in [-0.1, -0.05) is 30.3 Å². The van der Waals surface area contributed by atoms with Gasteiger partial charge in [0.05, 0.1) is 6.10 Å². The molecule has 0 aromatic heterocycles. The SMILES string of the molecule is O=C(CCC1CCCO1)N1CCCC(Cc2ccccc2)C1. The lowest BCUT2D eigenvalue weighted by Gasteiger charge is -2.33. The minimum atomic E-state index is 0.327. The summed E-state index contributed by atoms with van der Waals surface area (Å²) in [5.41, 5.74) is 1.39. The van der Waals surface area contributed by atoms with E-state index in [-0.39, 0.29) is 0 Å². The van der Waals surface area contributed by atoms with E-state index in [0.29, 0.717) is 24.3 Å². The van der Waals surface area contributed by atoms with Gasteiger partial charge in [0.15, 0.2) is 0 Å². The van der Waals surface area contributed by atoms with E-state index in [2.05, 4.69) is 35.2 Å². The molecule has 1 amide bonds. The maximum absolute atomic E-state index is 12.4. The van der Waals surface area contributed by atoms with E-state index in [4.69, 9.17) is 4.74 Å². The van der Waals surface area contributed by atoms with Crippen molar-refractivity contribution in [3.8, 4) is 0 Å². The van der Waals surface area contributed by atoms with Crippen molar-refractivity contribution in [1.82, 2.24) is 4.90 Å². The maximum Gasteiger partial charge on any atom is 0.222 e. The van der Waals surface area contributed by atoms with Crippen molar-refractivity contribution in [2.75, 3.05) is 19.7 Å². The molecule has 2 atom stereocenters. The molecule has 0 spiro atoms. The zero-order valence-corrected chi connectivity index (χ0v) is 13.4. The molecule has 3 nitrogen and oxygen atoms in total. The Morgan fingerprint density at radius 1 is 1.18 bits per heavy atom. The van der Waals surface area contributed by atoms with E-state index in [9.17, 15) is 4.79 Å². The normalized spacial score (nSPS) is 25.4. The molecule has 22 heavy (non-hydrogen) atoms. The zero-order chi connectivity index (χ0) is 15.2. The third-order valence-electron chi connectivity index (χ3n) is 4.94. The lowest BCUT2D eigenvalue weighted by atomic mass is 9.91. The van der Waals surface area contributed by atoms with E-state index in [0.717, 1.165) is 51.8 Å². The average Bonchev–Trinajstić information content (AvgIpc) is 3.07. The Bertz CT molecular complexity index is 468. The summed E-state index contributed by atoms with van der Waals surface area (Å²) in [4.78, 5) is 14.5. The number of carbonyl (C=O) groups is 1. The van der Waals surface area contributed by atoms with Crippen molar-refractivity contribution >= 4 is 5.91 Å². The van der Waals surface area contributed by atoms with Crippen LogP contribution in [0.1, 0.15) is 44.1 Å². The molecule has 0 bridgehead atoms. The van der Waals surface area contributed by atoms with E-state index in [1.807, 2.05) is 0 Å². The molecule has 2 aliphatic rings. The van der Waals surface area contributed by atoms with Crippen LogP contribution in [0.5, 0.6) is 0 Å². The van der Waals surface area contributed by atoms with Crippen LogP contribution >= 0.6 is 0 Å². The number of likely N-dealkylation sites (tertiary alicyclic amines) is 1. The van der Waals surface area contributed by atoms with Crippen LogP contribution in [0, 0.1) is 5.92 Å². The predicted octanol–water partition coefficient (Wildman–Crippen LogP) is 3.43. The highest BCUT2D eigenvalue weighted by atomic mass is 16.5. The van der Waals surface area contributed by atoms with Crippen LogP contribution in [0.25, 0.3) is 0 Å². The van der Waals surface area contributed by atoms with Gasteiger partial charge in [-0.15, -0.1) is 0 Å². The standard InChI is InChI=1S/C19H27NO2/c21-19(11-10-18-9-5-13-22-18)20-12-4-8-17(15-20)14-16-6-2-1-3-7-16/h1-3,6-7,17-18H,4-5,8-15H2. The minimum absolute atomic E-state index is 0.327. The van der Waals surface area contributed by atoms with E-state index >= 15 is 0 Å². The van der Waals surface area contributed by atoms with E-state index in [1.165, 1.54) is 12.0 Å². The van der Waals surface area contributed by atoms with Crippen molar-refractivity contribution in [3.63, 3.8) is 0 Å². The lowest BCUT2D eigenvalue weighted by Crippen LogP contribution is -2.40. The summed E-state index contributed by atoms with van der Waals surface area (Å²) >= 11 is 0. The number of hydrogen-bond acceptors (Lipinski definition) is 2. The summed E-state index contributed by atoms with van der Waals surface area (Å²) in [5.74, 6) is 0.941. The molecule has 2 aliphatic heterocycles. The van der Waals surface area contributed by atoms with Crippen molar-refractivity contribution in [2.45, 2.75) is 51.0 Å². The summed E-state index contributed by atoms with van der Waals surface area (Å²) in [7, 11) is 0. The fourth-order valence-electron chi connectivity index (χ4n) is 3.72. The molecule has 0 N–H and O–H groups in total. The van der Waals surface area contributed by atoms with Gasteiger partial charge in [0.2, 0.25) is 5.91 Å². The van der Waals surface area contributed by atoms with Crippen molar-refractivity contribution in [3.05, 3.63) is 35.9 Å². The molecular weight excluding hydrogens is 274 g/mol. The number of benzene rings is 1. The van der Waals surface area contributed by atoms with Gasteiger partial charge in [-0.2, -0.15) is 0 Å². The van der Waals surface area contributed by atoms with Crippen molar-refractivity contribution < 1.29 is 9.53 Å². The highest BCUT2D eigenvalue weighted by Gasteiger charge is 2.25. The monoisotopic (exact) mass is 301 g/mol. The zero-order valence-electron chi connectivity index (χ0n) is 13.4.